The molecule has 1 amide bonds. The molecule has 29 heavy (non-hydrogen) atoms. The minimum Gasteiger partial charge on any atom is -0.493 e. The second kappa shape index (κ2) is 10.0. The van der Waals surface area contributed by atoms with Crippen LogP contribution >= 0.6 is 0 Å². The normalized spacial score (nSPS) is 11.1. The molecule has 2 aromatic rings. The van der Waals surface area contributed by atoms with Crippen molar-refractivity contribution in [3.63, 3.8) is 0 Å². The zero-order valence-electron chi connectivity index (χ0n) is 16.4. The average Bonchev–Trinajstić information content (AvgIpc) is 2.71. The highest BCUT2D eigenvalue weighted by atomic mass is 16.6. The van der Waals surface area contributed by atoms with Crippen molar-refractivity contribution in [3.05, 3.63) is 75.5 Å². The number of amides is 1. The second-order valence-corrected chi connectivity index (χ2v) is 6.59. The Kier molecular flexibility index (Phi) is 7.47. The molecule has 1 N–H and O–H groups in total. The van der Waals surface area contributed by atoms with Gasteiger partial charge in [-0.15, -0.1) is 0 Å². The lowest BCUT2D eigenvalue weighted by atomic mass is 10.1. The molecule has 0 spiro atoms. The van der Waals surface area contributed by atoms with Crippen LogP contribution in [0.25, 0.3) is 6.08 Å². The van der Waals surface area contributed by atoms with Crippen molar-refractivity contribution in [2.75, 3.05) is 13.7 Å². The number of esters is 1. The molecule has 2 aromatic carbocycles. The number of nitro benzene ring substituents is 1. The van der Waals surface area contributed by atoms with Crippen LogP contribution in [0, 0.1) is 16.0 Å². The number of methoxy groups -OCH3 is 1. The molecule has 0 aliphatic rings. The first-order valence-corrected chi connectivity index (χ1v) is 8.89. The summed E-state index contributed by atoms with van der Waals surface area (Å²) in [6.07, 6.45) is 1.32. The number of non-ortho nitro benzene ring substituents is 1. The minimum absolute atomic E-state index is 0.133. The number of ether oxygens (including phenoxy) is 2. The standard InChI is InChI=1S/C21H22N2O6/c1-14(2)13-29-18-9-7-16(8-10-18)20(24)22-19(21(25)28-3)12-15-5-4-6-17(11-15)23(26)27/h4-12,14H,13H2,1-3H3,(H,22,24)/b19-12-. The quantitative estimate of drug-likeness (QED) is 0.315. The number of benzene rings is 2. The molecular formula is C21H22N2O6. The molecule has 0 saturated heterocycles. The van der Waals surface area contributed by atoms with Gasteiger partial charge in [-0.25, -0.2) is 4.79 Å². The number of hydrogen-bond donors (Lipinski definition) is 1. The lowest BCUT2D eigenvalue weighted by Gasteiger charge is -2.10. The van der Waals surface area contributed by atoms with Crippen LogP contribution in [0.4, 0.5) is 5.69 Å². The maximum Gasteiger partial charge on any atom is 0.354 e. The highest BCUT2D eigenvalue weighted by molar-refractivity contribution is 6.03. The van der Waals surface area contributed by atoms with Gasteiger partial charge in [0.2, 0.25) is 0 Å². The summed E-state index contributed by atoms with van der Waals surface area (Å²) < 4.78 is 10.3. The SMILES string of the molecule is COC(=O)/C(=C/c1cccc([N+](=O)[O-])c1)NC(=O)c1ccc(OCC(C)C)cc1. The Bertz CT molecular complexity index is 919. The topological polar surface area (TPSA) is 108 Å². The largest absolute Gasteiger partial charge is 0.493 e. The number of rotatable bonds is 8. The average molecular weight is 398 g/mol. The van der Waals surface area contributed by atoms with Gasteiger partial charge < -0.3 is 14.8 Å². The third-order valence-electron chi connectivity index (χ3n) is 3.75. The van der Waals surface area contributed by atoms with Crippen LogP contribution in [0.5, 0.6) is 5.75 Å². The highest BCUT2D eigenvalue weighted by Crippen LogP contribution is 2.17. The van der Waals surface area contributed by atoms with Gasteiger partial charge in [-0.05, 0) is 41.8 Å². The van der Waals surface area contributed by atoms with Gasteiger partial charge >= 0.3 is 5.97 Å². The molecule has 152 valence electrons. The Labute approximate surface area is 168 Å². The van der Waals surface area contributed by atoms with Gasteiger partial charge in [0, 0.05) is 17.7 Å². The molecule has 8 nitrogen and oxygen atoms in total. The zero-order valence-corrected chi connectivity index (χ0v) is 16.4. The Morgan fingerprint density at radius 3 is 2.45 bits per heavy atom. The number of hydrogen-bond acceptors (Lipinski definition) is 6. The third-order valence-corrected chi connectivity index (χ3v) is 3.75. The van der Waals surface area contributed by atoms with E-state index in [-0.39, 0.29) is 11.4 Å². The van der Waals surface area contributed by atoms with Crippen molar-refractivity contribution >= 4 is 23.6 Å². The molecule has 0 aliphatic carbocycles. The van der Waals surface area contributed by atoms with Gasteiger partial charge in [-0.1, -0.05) is 26.0 Å². The molecule has 0 heterocycles. The van der Waals surface area contributed by atoms with E-state index >= 15 is 0 Å². The second-order valence-electron chi connectivity index (χ2n) is 6.59. The van der Waals surface area contributed by atoms with Crippen LogP contribution in [0.2, 0.25) is 0 Å². The molecule has 0 bridgehead atoms. The summed E-state index contributed by atoms with van der Waals surface area (Å²) in [7, 11) is 1.18. The Balaban J connectivity index is 2.19. The van der Waals surface area contributed by atoms with Crippen LogP contribution in [-0.4, -0.2) is 30.5 Å². The molecule has 0 unspecified atom stereocenters. The lowest BCUT2D eigenvalue weighted by Crippen LogP contribution is -2.28. The summed E-state index contributed by atoms with van der Waals surface area (Å²) in [5.74, 6) is -0.292. The van der Waals surface area contributed by atoms with Crippen molar-refractivity contribution in [1.29, 1.82) is 0 Å². The Hall–Kier alpha value is -3.68. The smallest absolute Gasteiger partial charge is 0.354 e. The van der Waals surface area contributed by atoms with Crippen LogP contribution in [0.1, 0.15) is 29.8 Å². The number of carbonyl (C=O) groups is 2. The van der Waals surface area contributed by atoms with E-state index in [9.17, 15) is 19.7 Å². The molecular weight excluding hydrogens is 376 g/mol. The van der Waals surface area contributed by atoms with Crippen LogP contribution in [0.15, 0.2) is 54.2 Å². The molecule has 0 atom stereocenters. The predicted molar refractivity (Wildman–Crippen MR) is 107 cm³/mol. The molecule has 0 radical (unpaired) electrons. The predicted octanol–water partition coefficient (Wildman–Crippen LogP) is 3.57. The van der Waals surface area contributed by atoms with Crippen LogP contribution in [-0.2, 0) is 9.53 Å². The van der Waals surface area contributed by atoms with E-state index in [0.29, 0.717) is 29.4 Å². The van der Waals surface area contributed by atoms with E-state index in [2.05, 4.69) is 5.32 Å². The summed E-state index contributed by atoms with van der Waals surface area (Å²) in [5, 5.41) is 13.4. The number of nitrogens with zero attached hydrogens (tertiary/aromatic N) is 1. The fourth-order valence-electron chi connectivity index (χ4n) is 2.31. The van der Waals surface area contributed by atoms with Crippen molar-refractivity contribution in [1.82, 2.24) is 5.32 Å². The van der Waals surface area contributed by atoms with Crippen molar-refractivity contribution in [2.24, 2.45) is 5.92 Å². The monoisotopic (exact) mass is 398 g/mol. The van der Waals surface area contributed by atoms with Gasteiger partial charge in [0.1, 0.15) is 11.4 Å². The fourth-order valence-corrected chi connectivity index (χ4v) is 2.31. The molecule has 0 aromatic heterocycles. The zero-order chi connectivity index (χ0) is 21.4. The Morgan fingerprint density at radius 1 is 1.17 bits per heavy atom. The summed E-state index contributed by atoms with van der Waals surface area (Å²) >= 11 is 0. The highest BCUT2D eigenvalue weighted by Gasteiger charge is 2.16. The molecule has 0 aliphatic heterocycles. The van der Waals surface area contributed by atoms with Crippen LogP contribution < -0.4 is 10.1 Å². The summed E-state index contributed by atoms with van der Waals surface area (Å²) in [4.78, 5) is 34.9. The van der Waals surface area contributed by atoms with Crippen molar-refractivity contribution < 1.29 is 24.0 Å². The molecule has 8 heteroatoms. The van der Waals surface area contributed by atoms with E-state index in [0.717, 1.165) is 0 Å². The summed E-state index contributed by atoms with van der Waals surface area (Å²) in [6, 6.07) is 12.2. The fraction of sp³-hybridized carbons (Fsp3) is 0.238. The van der Waals surface area contributed by atoms with Gasteiger partial charge in [0.25, 0.3) is 11.6 Å². The maximum absolute atomic E-state index is 12.5. The van der Waals surface area contributed by atoms with Crippen molar-refractivity contribution in [3.8, 4) is 5.75 Å². The van der Waals surface area contributed by atoms with E-state index in [1.54, 1.807) is 30.3 Å². The van der Waals surface area contributed by atoms with Gasteiger partial charge in [0.15, 0.2) is 0 Å². The van der Waals surface area contributed by atoms with E-state index in [1.807, 2.05) is 13.8 Å². The maximum atomic E-state index is 12.5. The number of nitro groups is 1. The Morgan fingerprint density at radius 2 is 1.86 bits per heavy atom. The summed E-state index contributed by atoms with van der Waals surface area (Å²) in [5.41, 5.74) is 0.414. The van der Waals surface area contributed by atoms with Gasteiger partial charge in [-0.3, -0.25) is 14.9 Å². The summed E-state index contributed by atoms with van der Waals surface area (Å²) in [6.45, 7) is 4.62. The number of carbonyl (C=O) groups excluding carboxylic acids is 2. The third kappa shape index (κ3) is 6.46. The van der Waals surface area contributed by atoms with Gasteiger partial charge in [-0.2, -0.15) is 0 Å². The van der Waals surface area contributed by atoms with E-state index in [4.69, 9.17) is 9.47 Å². The van der Waals surface area contributed by atoms with Crippen LogP contribution in [0.3, 0.4) is 0 Å². The first kappa shape index (κ1) is 21.6. The first-order chi connectivity index (χ1) is 13.8. The van der Waals surface area contributed by atoms with Gasteiger partial charge in [0.05, 0.1) is 18.6 Å². The number of nitrogens with one attached hydrogen (secondary N) is 1. The molecule has 0 fully saturated rings. The van der Waals surface area contributed by atoms with E-state index < -0.39 is 16.8 Å². The molecule has 2 rings (SSSR count). The van der Waals surface area contributed by atoms with E-state index in [1.165, 1.54) is 31.4 Å². The molecule has 0 saturated carbocycles. The van der Waals surface area contributed by atoms with Crippen molar-refractivity contribution in [2.45, 2.75) is 13.8 Å². The lowest BCUT2D eigenvalue weighted by molar-refractivity contribution is -0.384. The minimum atomic E-state index is -0.776. The first-order valence-electron chi connectivity index (χ1n) is 8.89.